The number of aromatic nitrogens is 1. The number of hydrogen-bond acceptors (Lipinski definition) is 5. The minimum Gasteiger partial charge on any atom is -0.486 e. The van der Waals surface area contributed by atoms with Gasteiger partial charge in [-0.15, -0.1) is 11.3 Å². The Hall–Kier alpha value is -2.86. The number of ether oxygens (including phenoxy) is 1. The second-order valence-electron chi connectivity index (χ2n) is 8.29. The van der Waals surface area contributed by atoms with Gasteiger partial charge in [0.2, 0.25) is 0 Å². The van der Waals surface area contributed by atoms with Crippen LogP contribution in [-0.4, -0.2) is 24.0 Å². The Balaban J connectivity index is 1.35. The first-order valence-electron chi connectivity index (χ1n) is 10.8. The van der Waals surface area contributed by atoms with Crippen LogP contribution in [0.5, 0.6) is 5.75 Å². The van der Waals surface area contributed by atoms with E-state index in [-0.39, 0.29) is 5.91 Å². The Labute approximate surface area is 188 Å². The Bertz CT molecular complexity index is 1020. The summed E-state index contributed by atoms with van der Waals surface area (Å²) in [6.07, 6.45) is 2.47. The molecule has 1 N–H and O–H groups in total. The molecule has 31 heavy (non-hydrogen) atoms. The van der Waals surface area contributed by atoms with Crippen LogP contribution in [0, 0.1) is 19.8 Å². The van der Waals surface area contributed by atoms with Gasteiger partial charge in [-0.3, -0.25) is 4.79 Å². The third-order valence-corrected chi connectivity index (χ3v) is 6.83. The number of amides is 1. The van der Waals surface area contributed by atoms with Crippen LogP contribution in [-0.2, 0) is 6.61 Å². The van der Waals surface area contributed by atoms with Gasteiger partial charge in [0.25, 0.3) is 5.91 Å². The van der Waals surface area contributed by atoms with Crippen LogP contribution in [0.1, 0.15) is 45.7 Å². The number of anilines is 2. The van der Waals surface area contributed by atoms with Gasteiger partial charge in [-0.25, -0.2) is 4.98 Å². The summed E-state index contributed by atoms with van der Waals surface area (Å²) in [4.78, 5) is 20.3. The van der Waals surface area contributed by atoms with Gasteiger partial charge in [-0.05, 0) is 69.0 Å². The van der Waals surface area contributed by atoms with Gasteiger partial charge in [0.05, 0.1) is 5.69 Å². The topological polar surface area (TPSA) is 54.5 Å². The molecule has 2 heterocycles. The highest BCUT2D eigenvalue weighted by atomic mass is 32.1. The Kier molecular flexibility index (Phi) is 6.56. The molecule has 0 unspecified atom stereocenters. The zero-order valence-corrected chi connectivity index (χ0v) is 19.2. The van der Waals surface area contributed by atoms with Crippen LogP contribution in [0.4, 0.5) is 11.4 Å². The first-order chi connectivity index (χ1) is 15.0. The van der Waals surface area contributed by atoms with Gasteiger partial charge in [0.15, 0.2) is 0 Å². The lowest BCUT2D eigenvalue weighted by atomic mass is 9.99. The zero-order chi connectivity index (χ0) is 21.8. The van der Waals surface area contributed by atoms with Crippen molar-refractivity contribution >= 4 is 28.6 Å². The highest BCUT2D eigenvalue weighted by Crippen LogP contribution is 2.26. The fourth-order valence-electron chi connectivity index (χ4n) is 3.71. The van der Waals surface area contributed by atoms with Gasteiger partial charge in [0.1, 0.15) is 22.2 Å². The molecule has 0 bridgehead atoms. The number of rotatable bonds is 6. The predicted molar refractivity (Wildman–Crippen MR) is 127 cm³/mol. The average molecular weight is 436 g/mol. The van der Waals surface area contributed by atoms with Crippen LogP contribution in [0.2, 0.25) is 0 Å². The summed E-state index contributed by atoms with van der Waals surface area (Å²) in [5, 5.41) is 3.79. The molecule has 1 aromatic heterocycles. The van der Waals surface area contributed by atoms with Gasteiger partial charge >= 0.3 is 0 Å². The summed E-state index contributed by atoms with van der Waals surface area (Å²) in [6.45, 7) is 8.77. The van der Waals surface area contributed by atoms with Gasteiger partial charge < -0.3 is 15.0 Å². The molecule has 1 aliphatic heterocycles. The second kappa shape index (κ2) is 9.52. The number of thiazole rings is 1. The summed E-state index contributed by atoms with van der Waals surface area (Å²) in [5.74, 6) is 1.48. The molecule has 5 nitrogen and oxygen atoms in total. The molecular formula is C25H29N3O2S. The van der Waals surface area contributed by atoms with E-state index in [9.17, 15) is 4.79 Å². The maximum absolute atomic E-state index is 12.8. The van der Waals surface area contributed by atoms with Crippen molar-refractivity contribution in [1.82, 2.24) is 4.98 Å². The summed E-state index contributed by atoms with van der Waals surface area (Å²) < 4.78 is 5.80. The minimum atomic E-state index is -0.129. The molecule has 0 aliphatic carbocycles. The molecule has 0 radical (unpaired) electrons. The van der Waals surface area contributed by atoms with Crippen LogP contribution >= 0.6 is 11.3 Å². The van der Waals surface area contributed by atoms with Crippen molar-refractivity contribution < 1.29 is 9.53 Å². The summed E-state index contributed by atoms with van der Waals surface area (Å²) in [5.41, 5.74) is 3.93. The van der Waals surface area contributed by atoms with Crippen LogP contribution in [0.3, 0.4) is 0 Å². The molecule has 3 aromatic rings. The summed E-state index contributed by atoms with van der Waals surface area (Å²) in [6, 6.07) is 16.0. The smallest absolute Gasteiger partial charge is 0.267 e. The highest BCUT2D eigenvalue weighted by Gasteiger charge is 2.18. The van der Waals surface area contributed by atoms with Crippen LogP contribution in [0.25, 0.3) is 0 Å². The van der Waals surface area contributed by atoms with E-state index in [1.807, 2.05) is 50.2 Å². The monoisotopic (exact) mass is 435 g/mol. The number of carbonyl (C=O) groups is 1. The normalized spacial score (nSPS) is 14.5. The van der Waals surface area contributed by atoms with E-state index < -0.39 is 0 Å². The van der Waals surface area contributed by atoms with Crippen molar-refractivity contribution in [3.05, 3.63) is 69.7 Å². The molecule has 2 aromatic carbocycles. The molecule has 6 heteroatoms. The quantitative estimate of drug-likeness (QED) is 0.529. The van der Waals surface area contributed by atoms with Crippen molar-refractivity contribution in [2.24, 2.45) is 5.92 Å². The van der Waals surface area contributed by atoms with E-state index >= 15 is 0 Å². The standard InChI is InChI=1S/C25H29N3O2S/c1-17-4-10-22(11-5-17)30-16-23-26-19(3)24(31-23)25(29)27-20-6-8-21(9-7-20)28-14-12-18(2)13-15-28/h4-11,18H,12-16H2,1-3H3,(H,27,29). The van der Waals surface area contributed by atoms with Crippen molar-refractivity contribution in [2.45, 2.75) is 40.2 Å². The van der Waals surface area contributed by atoms with E-state index in [1.54, 1.807) is 0 Å². The lowest BCUT2D eigenvalue weighted by Crippen LogP contribution is -2.32. The van der Waals surface area contributed by atoms with Crippen molar-refractivity contribution in [3.8, 4) is 5.75 Å². The number of nitrogens with one attached hydrogen (secondary N) is 1. The van der Waals surface area contributed by atoms with E-state index in [2.05, 4.69) is 34.3 Å². The Morgan fingerprint density at radius 2 is 1.77 bits per heavy atom. The number of piperidine rings is 1. The number of benzene rings is 2. The van der Waals surface area contributed by atoms with E-state index in [0.717, 1.165) is 41.1 Å². The van der Waals surface area contributed by atoms with E-state index in [0.29, 0.717) is 11.5 Å². The maximum Gasteiger partial charge on any atom is 0.267 e. The third-order valence-electron chi connectivity index (χ3n) is 5.70. The average Bonchev–Trinajstić information content (AvgIpc) is 3.15. The molecule has 1 fully saturated rings. The van der Waals surface area contributed by atoms with Crippen molar-refractivity contribution in [3.63, 3.8) is 0 Å². The SMILES string of the molecule is Cc1ccc(OCc2nc(C)c(C(=O)Nc3ccc(N4CCC(C)CC4)cc3)s2)cc1. The first-order valence-corrected chi connectivity index (χ1v) is 11.6. The summed E-state index contributed by atoms with van der Waals surface area (Å²) >= 11 is 1.38. The van der Waals surface area contributed by atoms with E-state index in [1.165, 1.54) is 35.4 Å². The molecular weight excluding hydrogens is 406 g/mol. The fraction of sp³-hybridized carbons (Fsp3) is 0.360. The van der Waals surface area contributed by atoms with Gasteiger partial charge in [-0.2, -0.15) is 0 Å². The first kappa shape index (κ1) is 21.4. The zero-order valence-electron chi connectivity index (χ0n) is 18.4. The van der Waals surface area contributed by atoms with Crippen molar-refractivity contribution in [2.75, 3.05) is 23.3 Å². The molecule has 0 saturated carbocycles. The van der Waals surface area contributed by atoms with Crippen LogP contribution < -0.4 is 15.0 Å². The largest absolute Gasteiger partial charge is 0.486 e. The van der Waals surface area contributed by atoms with Gasteiger partial charge in [0, 0.05) is 24.5 Å². The lowest BCUT2D eigenvalue weighted by molar-refractivity contribution is 0.103. The number of nitrogens with zero attached hydrogens (tertiary/aromatic N) is 2. The molecule has 1 aliphatic rings. The third kappa shape index (κ3) is 5.44. The maximum atomic E-state index is 12.8. The number of carbonyl (C=O) groups excluding carboxylic acids is 1. The lowest BCUT2D eigenvalue weighted by Gasteiger charge is -2.32. The van der Waals surface area contributed by atoms with E-state index in [4.69, 9.17) is 4.74 Å². The molecule has 1 saturated heterocycles. The summed E-state index contributed by atoms with van der Waals surface area (Å²) in [7, 11) is 0. The molecule has 0 spiro atoms. The Morgan fingerprint density at radius 1 is 1.10 bits per heavy atom. The second-order valence-corrected chi connectivity index (χ2v) is 9.38. The number of hydrogen-bond donors (Lipinski definition) is 1. The van der Waals surface area contributed by atoms with Gasteiger partial charge in [-0.1, -0.05) is 24.6 Å². The Morgan fingerprint density at radius 3 is 2.45 bits per heavy atom. The predicted octanol–water partition coefficient (Wildman–Crippen LogP) is 5.83. The highest BCUT2D eigenvalue weighted by molar-refractivity contribution is 7.13. The molecule has 162 valence electrons. The molecule has 1 amide bonds. The minimum absolute atomic E-state index is 0.129. The van der Waals surface area contributed by atoms with Crippen molar-refractivity contribution in [1.29, 1.82) is 0 Å². The van der Waals surface area contributed by atoms with Crippen LogP contribution in [0.15, 0.2) is 48.5 Å². The molecule has 0 atom stereocenters. The molecule has 4 rings (SSSR count). The number of aryl methyl sites for hydroxylation is 2. The fourth-order valence-corrected chi connectivity index (χ4v) is 4.59.